The number of rotatable bonds is 7. The monoisotopic (exact) mass is 258 g/mol. The van der Waals surface area contributed by atoms with Crippen LogP contribution in [0.15, 0.2) is 36.7 Å². The van der Waals surface area contributed by atoms with Crippen molar-refractivity contribution in [2.24, 2.45) is 0 Å². The molecule has 1 N–H and O–H groups in total. The zero-order chi connectivity index (χ0) is 13.5. The quantitative estimate of drug-likeness (QED) is 0.771. The van der Waals surface area contributed by atoms with Crippen LogP contribution in [0.3, 0.4) is 0 Å². The first-order valence-corrected chi connectivity index (χ1v) is 7.03. The van der Waals surface area contributed by atoms with Crippen molar-refractivity contribution in [3.05, 3.63) is 36.7 Å². The number of aromatic nitrogens is 3. The summed E-state index contributed by atoms with van der Waals surface area (Å²) in [4.78, 5) is 1.62. The third-order valence-electron chi connectivity index (χ3n) is 3.17. The fraction of sp³-hybridized carbons (Fsp3) is 0.467. The van der Waals surface area contributed by atoms with E-state index in [1.165, 1.54) is 25.7 Å². The maximum Gasteiger partial charge on any atom is 0.0858 e. The Morgan fingerprint density at radius 2 is 1.79 bits per heavy atom. The number of benzene rings is 1. The number of hydrogen-bond acceptors (Lipinski definition) is 3. The van der Waals surface area contributed by atoms with Crippen LogP contribution in [0, 0.1) is 0 Å². The Morgan fingerprint density at radius 1 is 1.11 bits per heavy atom. The van der Waals surface area contributed by atoms with Gasteiger partial charge >= 0.3 is 0 Å². The fourth-order valence-electron chi connectivity index (χ4n) is 2.10. The normalized spacial score (nSPS) is 12.3. The van der Waals surface area contributed by atoms with Crippen LogP contribution in [0.5, 0.6) is 0 Å². The Bertz CT molecular complexity index is 461. The molecule has 19 heavy (non-hydrogen) atoms. The molecule has 0 amide bonds. The van der Waals surface area contributed by atoms with Crippen molar-refractivity contribution in [2.75, 3.05) is 5.32 Å². The minimum absolute atomic E-state index is 0.514. The van der Waals surface area contributed by atoms with E-state index in [0.29, 0.717) is 6.04 Å². The molecule has 0 radical (unpaired) electrons. The average molecular weight is 258 g/mol. The van der Waals surface area contributed by atoms with E-state index in [4.69, 9.17) is 0 Å². The Morgan fingerprint density at radius 3 is 2.42 bits per heavy atom. The van der Waals surface area contributed by atoms with Crippen LogP contribution in [-0.4, -0.2) is 21.0 Å². The lowest BCUT2D eigenvalue weighted by Crippen LogP contribution is -2.14. The lowest BCUT2D eigenvalue weighted by Gasteiger charge is -2.15. The Hall–Kier alpha value is -1.84. The van der Waals surface area contributed by atoms with Crippen molar-refractivity contribution < 1.29 is 0 Å². The van der Waals surface area contributed by atoms with Gasteiger partial charge < -0.3 is 5.32 Å². The van der Waals surface area contributed by atoms with Gasteiger partial charge in [0.05, 0.1) is 18.1 Å². The highest BCUT2D eigenvalue weighted by Crippen LogP contribution is 2.14. The van der Waals surface area contributed by atoms with Gasteiger partial charge in [-0.1, -0.05) is 26.2 Å². The van der Waals surface area contributed by atoms with Crippen molar-refractivity contribution in [3.63, 3.8) is 0 Å². The molecule has 1 unspecified atom stereocenters. The molecule has 2 rings (SSSR count). The zero-order valence-corrected chi connectivity index (χ0v) is 11.7. The summed E-state index contributed by atoms with van der Waals surface area (Å²) < 4.78 is 0. The molecule has 4 nitrogen and oxygen atoms in total. The first-order valence-electron chi connectivity index (χ1n) is 7.03. The van der Waals surface area contributed by atoms with E-state index in [-0.39, 0.29) is 0 Å². The standard InChI is InChI=1S/C15H22N4/c1-3-4-5-6-13(2)18-14-7-9-15(10-8-14)19-16-11-12-17-19/h7-13,18H,3-6H2,1-2H3. The first-order chi connectivity index (χ1) is 9.29. The van der Waals surface area contributed by atoms with Crippen molar-refractivity contribution in [3.8, 4) is 5.69 Å². The van der Waals surface area contributed by atoms with Gasteiger partial charge in [-0.15, -0.1) is 0 Å². The Balaban J connectivity index is 1.88. The summed E-state index contributed by atoms with van der Waals surface area (Å²) in [5, 5.41) is 11.7. The van der Waals surface area contributed by atoms with E-state index in [2.05, 4.69) is 41.5 Å². The molecule has 0 aliphatic carbocycles. The lowest BCUT2D eigenvalue weighted by molar-refractivity contribution is 0.615. The largest absolute Gasteiger partial charge is 0.383 e. The van der Waals surface area contributed by atoms with Crippen LogP contribution in [0.4, 0.5) is 5.69 Å². The van der Waals surface area contributed by atoms with Gasteiger partial charge in [-0.2, -0.15) is 15.0 Å². The van der Waals surface area contributed by atoms with E-state index < -0.39 is 0 Å². The van der Waals surface area contributed by atoms with Crippen molar-refractivity contribution in [1.82, 2.24) is 15.0 Å². The second-order valence-corrected chi connectivity index (χ2v) is 4.91. The molecule has 0 aliphatic rings. The van der Waals surface area contributed by atoms with Gasteiger partial charge in [-0.25, -0.2) is 0 Å². The van der Waals surface area contributed by atoms with Crippen LogP contribution in [-0.2, 0) is 0 Å². The van der Waals surface area contributed by atoms with Gasteiger partial charge in [0, 0.05) is 11.7 Å². The summed E-state index contributed by atoms with van der Waals surface area (Å²) in [6.45, 7) is 4.47. The molecule has 0 saturated heterocycles. The molecule has 1 aromatic carbocycles. The highest BCUT2D eigenvalue weighted by molar-refractivity contribution is 5.48. The summed E-state index contributed by atoms with van der Waals surface area (Å²) in [6.07, 6.45) is 8.47. The second kappa shape index (κ2) is 6.92. The fourth-order valence-corrected chi connectivity index (χ4v) is 2.10. The molecule has 0 bridgehead atoms. The number of unbranched alkanes of at least 4 members (excludes halogenated alkanes) is 2. The van der Waals surface area contributed by atoms with Gasteiger partial charge in [-0.3, -0.25) is 0 Å². The average Bonchev–Trinajstić information content (AvgIpc) is 2.94. The topological polar surface area (TPSA) is 42.7 Å². The molecule has 0 aliphatic heterocycles. The molecule has 102 valence electrons. The maximum absolute atomic E-state index is 4.11. The van der Waals surface area contributed by atoms with Crippen molar-refractivity contribution >= 4 is 5.69 Å². The van der Waals surface area contributed by atoms with Gasteiger partial charge in [0.15, 0.2) is 0 Å². The second-order valence-electron chi connectivity index (χ2n) is 4.91. The van der Waals surface area contributed by atoms with E-state index in [9.17, 15) is 0 Å². The summed E-state index contributed by atoms with van der Waals surface area (Å²) in [5.74, 6) is 0. The van der Waals surface area contributed by atoms with Crippen LogP contribution in [0.1, 0.15) is 39.5 Å². The van der Waals surface area contributed by atoms with E-state index in [1.807, 2.05) is 12.1 Å². The zero-order valence-electron chi connectivity index (χ0n) is 11.7. The maximum atomic E-state index is 4.11. The molecule has 1 atom stereocenters. The van der Waals surface area contributed by atoms with Gasteiger partial charge in [-0.05, 0) is 37.6 Å². The van der Waals surface area contributed by atoms with E-state index in [0.717, 1.165) is 11.4 Å². The predicted octanol–water partition coefficient (Wildman–Crippen LogP) is 3.65. The number of anilines is 1. The van der Waals surface area contributed by atoms with Gasteiger partial charge in [0.25, 0.3) is 0 Å². The smallest absolute Gasteiger partial charge is 0.0858 e. The summed E-state index contributed by atoms with van der Waals surface area (Å²) in [7, 11) is 0. The number of hydrogen-bond donors (Lipinski definition) is 1. The third-order valence-corrected chi connectivity index (χ3v) is 3.17. The number of nitrogens with zero attached hydrogens (tertiary/aromatic N) is 3. The molecule has 2 aromatic rings. The van der Waals surface area contributed by atoms with Gasteiger partial charge in [0.2, 0.25) is 0 Å². The molecule has 1 heterocycles. The minimum Gasteiger partial charge on any atom is -0.383 e. The molecular formula is C15H22N4. The van der Waals surface area contributed by atoms with Gasteiger partial charge in [0.1, 0.15) is 0 Å². The third kappa shape index (κ3) is 4.09. The molecule has 0 spiro atoms. The summed E-state index contributed by atoms with van der Waals surface area (Å²) in [5.41, 5.74) is 2.13. The van der Waals surface area contributed by atoms with E-state index >= 15 is 0 Å². The summed E-state index contributed by atoms with van der Waals surface area (Å²) in [6, 6.07) is 8.73. The van der Waals surface area contributed by atoms with Crippen LogP contribution in [0.25, 0.3) is 5.69 Å². The molecule has 4 heteroatoms. The van der Waals surface area contributed by atoms with Crippen LogP contribution >= 0.6 is 0 Å². The molecule has 0 fully saturated rings. The van der Waals surface area contributed by atoms with Crippen LogP contribution < -0.4 is 5.32 Å². The Labute approximate surface area is 114 Å². The summed E-state index contributed by atoms with van der Waals surface area (Å²) >= 11 is 0. The highest BCUT2D eigenvalue weighted by atomic mass is 15.5. The number of nitrogens with one attached hydrogen (secondary N) is 1. The van der Waals surface area contributed by atoms with Crippen molar-refractivity contribution in [2.45, 2.75) is 45.6 Å². The highest BCUT2D eigenvalue weighted by Gasteiger charge is 2.02. The Kier molecular flexibility index (Phi) is 4.95. The SMILES string of the molecule is CCCCCC(C)Nc1ccc(-n2nccn2)cc1. The minimum atomic E-state index is 0.514. The molecule has 0 saturated carbocycles. The predicted molar refractivity (Wildman–Crippen MR) is 78.6 cm³/mol. The lowest BCUT2D eigenvalue weighted by atomic mass is 10.1. The van der Waals surface area contributed by atoms with Crippen molar-refractivity contribution in [1.29, 1.82) is 0 Å². The van der Waals surface area contributed by atoms with Crippen LogP contribution in [0.2, 0.25) is 0 Å². The van der Waals surface area contributed by atoms with E-state index in [1.54, 1.807) is 17.2 Å². The first kappa shape index (κ1) is 13.6. The molecule has 1 aromatic heterocycles. The molecular weight excluding hydrogens is 236 g/mol.